The lowest BCUT2D eigenvalue weighted by Crippen LogP contribution is -2.13. The van der Waals surface area contributed by atoms with Gasteiger partial charge in [-0.2, -0.15) is 10.2 Å². The highest BCUT2D eigenvalue weighted by molar-refractivity contribution is 6.31. The number of aryl methyl sites for hydroxylation is 1. The average molecular weight is 302 g/mol. The molecule has 0 saturated carbocycles. The summed E-state index contributed by atoms with van der Waals surface area (Å²) in [7, 11) is 1.93. The average Bonchev–Trinajstić information content (AvgIpc) is 3.10. The summed E-state index contributed by atoms with van der Waals surface area (Å²) >= 11 is 6.13. The zero-order chi connectivity index (χ0) is 14.8. The van der Waals surface area contributed by atoms with E-state index in [1.54, 1.807) is 12.4 Å². The first kappa shape index (κ1) is 13.7. The highest BCUT2D eigenvalue weighted by Crippen LogP contribution is 2.27. The molecule has 3 rings (SSSR count). The quantitative estimate of drug-likeness (QED) is 0.803. The largest absolute Gasteiger partial charge is 0.375 e. The van der Waals surface area contributed by atoms with Crippen molar-refractivity contribution in [3.63, 3.8) is 0 Å². The van der Waals surface area contributed by atoms with Gasteiger partial charge in [-0.1, -0.05) is 11.6 Å². The summed E-state index contributed by atoms with van der Waals surface area (Å²) in [5, 5.41) is 12.6. The first-order valence-corrected chi connectivity index (χ1v) is 7.07. The third-order valence-electron chi connectivity index (χ3n) is 3.38. The molecule has 1 N–H and O–H groups in total. The molecule has 1 atom stereocenters. The fourth-order valence-corrected chi connectivity index (χ4v) is 2.52. The van der Waals surface area contributed by atoms with E-state index in [9.17, 15) is 0 Å². The predicted octanol–water partition coefficient (Wildman–Crippen LogP) is 3.43. The molecule has 2 aromatic heterocycles. The molecule has 6 heteroatoms. The van der Waals surface area contributed by atoms with Crippen molar-refractivity contribution in [3.05, 3.63) is 59.6 Å². The van der Waals surface area contributed by atoms with E-state index in [0.717, 1.165) is 17.1 Å². The van der Waals surface area contributed by atoms with Crippen molar-refractivity contribution in [2.24, 2.45) is 7.05 Å². The molecule has 0 fully saturated rings. The van der Waals surface area contributed by atoms with Crippen LogP contribution in [0.15, 0.2) is 48.9 Å². The Balaban J connectivity index is 1.95. The predicted molar refractivity (Wildman–Crippen MR) is 83.8 cm³/mol. The highest BCUT2D eigenvalue weighted by Gasteiger charge is 2.13. The Morgan fingerprint density at radius 1 is 1.19 bits per heavy atom. The van der Waals surface area contributed by atoms with Gasteiger partial charge in [-0.15, -0.1) is 0 Å². The molecule has 0 radical (unpaired) electrons. The second-order valence-corrected chi connectivity index (χ2v) is 5.29. The van der Waals surface area contributed by atoms with Gasteiger partial charge in [0.25, 0.3) is 0 Å². The number of anilines is 1. The van der Waals surface area contributed by atoms with Gasteiger partial charge >= 0.3 is 0 Å². The molecular weight excluding hydrogens is 286 g/mol. The van der Waals surface area contributed by atoms with Gasteiger partial charge in [0.1, 0.15) is 0 Å². The number of rotatable bonds is 4. The van der Waals surface area contributed by atoms with Gasteiger partial charge in [-0.05, 0) is 37.3 Å². The second-order valence-electron chi connectivity index (χ2n) is 4.86. The Hall–Kier alpha value is -2.27. The van der Waals surface area contributed by atoms with Gasteiger partial charge in [0.15, 0.2) is 0 Å². The topological polar surface area (TPSA) is 47.7 Å². The first-order valence-electron chi connectivity index (χ1n) is 6.69. The Labute approximate surface area is 128 Å². The number of hydrogen-bond donors (Lipinski definition) is 1. The monoisotopic (exact) mass is 301 g/mol. The minimum absolute atomic E-state index is 0.102. The summed E-state index contributed by atoms with van der Waals surface area (Å²) < 4.78 is 3.67. The van der Waals surface area contributed by atoms with Crippen LogP contribution in [0.4, 0.5) is 5.69 Å². The van der Waals surface area contributed by atoms with Crippen LogP contribution in [0.1, 0.15) is 18.7 Å². The smallest absolute Gasteiger partial charge is 0.0878 e. The molecule has 0 aliphatic heterocycles. The van der Waals surface area contributed by atoms with Gasteiger partial charge < -0.3 is 5.32 Å². The molecule has 2 heterocycles. The standard InChI is InChI=1S/C15H16ClN5/c1-11(14-6-8-17-20(14)2)19-13-10-12(16)4-5-15(13)21-9-3-7-18-21/h3-11,19H,1-2H3. The van der Waals surface area contributed by atoms with Crippen molar-refractivity contribution < 1.29 is 0 Å². The van der Waals surface area contributed by atoms with Crippen LogP contribution in [0.3, 0.4) is 0 Å². The Morgan fingerprint density at radius 3 is 2.71 bits per heavy atom. The summed E-state index contributed by atoms with van der Waals surface area (Å²) in [5.74, 6) is 0. The van der Waals surface area contributed by atoms with Crippen molar-refractivity contribution in [2.75, 3.05) is 5.32 Å². The number of aromatic nitrogens is 4. The van der Waals surface area contributed by atoms with Gasteiger partial charge in [0.05, 0.1) is 23.1 Å². The maximum Gasteiger partial charge on any atom is 0.0878 e. The molecule has 0 amide bonds. The number of hydrogen-bond acceptors (Lipinski definition) is 3. The summed E-state index contributed by atoms with van der Waals surface area (Å²) in [4.78, 5) is 0. The summed E-state index contributed by atoms with van der Waals surface area (Å²) in [5.41, 5.74) is 2.99. The van der Waals surface area contributed by atoms with Crippen LogP contribution in [0.2, 0.25) is 5.02 Å². The van der Waals surface area contributed by atoms with Crippen molar-refractivity contribution in [3.8, 4) is 5.69 Å². The van der Waals surface area contributed by atoms with Gasteiger partial charge in [0.2, 0.25) is 0 Å². The second kappa shape index (κ2) is 5.61. The van der Waals surface area contributed by atoms with Crippen LogP contribution in [0.25, 0.3) is 5.69 Å². The highest BCUT2D eigenvalue weighted by atomic mass is 35.5. The Morgan fingerprint density at radius 2 is 2.05 bits per heavy atom. The zero-order valence-corrected chi connectivity index (χ0v) is 12.6. The van der Waals surface area contributed by atoms with Crippen LogP contribution in [0.5, 0.6) is 0 Å². The molecule has 1 aromatic carbocycles. The van der Waals surface area contributed by atoms with E-state index in [-0.39, 0.29) is 6.04 Å². The molecule has 0 bridgehead atoms. The van der Waals surface area contributed by atoms with Crippen molar-refractivity contribution in [1.82, 2.24) is 19.6 Å². The molecule has 21 heavy (non-hydrogen) atoms. The Bertz CT molecular complexity index is 732. The number of nitrogens with one attached hydrogen (secondary N) is 1. The lowest BCUT2D eigenvalue weighted by atomic mass is 10.2. The van der Waals surface area contributed by atoms with Crippen LogP contribution < -0.4 is 5.32 Å². The van der Waals surface area contributed by atoms with Crippen molar-refractivity contribution in [2.45, 2.75) is 13.0 Å². The lowest BCUT2D eigenvalue weighted by Gasteiger charge is -2.18. The van der Waals surface area contributed by atoms with Gasteiger partial charge in [-0.3, -0.25) is 4.68 Å². The van der Waals surface area contributed by atoms with E-state index in [2.05, 4.69) is 22.4 Å². The molecule has 0 aliphatic rings. The summed E-state index contributed by atoms with van der Waals surface area (Å²) in [6.07, 6.45) is 5.45. The lowest BCUT2D eigenvalue weighted by molar-refractivity contribution is 0.675. The third kappa shape index (κ3) is 2.78. The maximum absolute atomic E-state index is 6.13. The number of halogens is 1. The van der Waals surface area contributed by atoms with Gasteiger partial charge in [-0.25, -0.2) is 4.68 Å². The summed E-state index contributed by atoms with van der Waals surface area (Å²) in [6.45, 7) is 2.09. The molecule has 0 aliphatic carbocycles. The summed E-state index contributed by atoms with van der Waals surface area (Å²) in [6, 6.07) is 9.71. The molecule has 3 aromatic rings. The minimum Gasteiger partial charge on any atom is -0.375 e. The van der Waals surface area contributed by atoms with Gasteiger partial charge in [0, 0.05) is 30.7 Å². The van der Waals surface area contributed by atoms with Crippen LogP contribution >= 0.6 is 11.6 Å². The molecule has 1 unspecified atom stereocenters. The van der Waals surface area contributed by atoms with Crippen LogP contribution in [-0.4, -0.2) is 19.6 Å². The molecule has 0 spiro atoms. The normalized spacial score (nSPS) is 12.3. The van der Waals surface area contributed by atoms with Crippen LogP contribution in [0, 0.1) is 0 Å². The third-order valence-corrected chi connectivity index (χ3v) is 3.62. The van der Waals surface area contributed by atoms with Crippen molar-refractivity contribution >= 4 is 17.3 Å². The molecular formula is C15H16ClN5. The fourth-order valence-electron chi connectivity index (χ4n) is 2.35. The van der Waals surface area contributed by atoms with E-state index in [1.165, 1.54) is 0 Å². The van der Waals surface area contributed by atoms with Crippen LogP contribution in [-0.2, 0) is 7.05 Å². The minimum atomic E-state index is 0.102. The first-order chi connectivity index (χ1) is 10.1. The van der Waals surface area contributed by atoms with Crippen molar-refractivity contribution in [1.29, 1.82) is 0 Å². The van der Waals surface area contributed by atoms with E-state index in [1.807, 2.05) is 52.9 Å². The van der Waals surface area contributed by atoms with E-state index < -0.39 is 0 Å². The Kier molecular flexibility index (Phi) is 3.66. The number of nitrogens with zero attached hydrogens (tertiary/aromatic N) is 4. The fraction of sp³-hybridized carbons (Fsp3) is 0.200. The molecule has 108 valence electrons. The van der Waals surface area contributed by atoms with E-state index >= 15 is 0 Å². The maximum atomic E-state index is 6.13. The number of benzene rings is 1. The van der Waals surface area contributed by atoms with E-state index in [4.69, 9.17) is 11.6 Å². The van der Waals surface area contributed by atoms with E-state index in [0.29, 0.717) is 5.02 Å². The SMILES string of the molecule is CC(Nc1cc(Cl)ccc1-n1cccn1)c1ccnn1C. The molecule has 5 nitrogen and oxygen atoms in total. The zero-order valence-electron chi connectivity index (χ0n) is 11.9. The molecule has 0 saturated heterocycles.